The molecule has 5 heterocycles. The van der Waals surface area contributed by atoms with Crippen LogP contribution in [0.2, 0.25) is 0 Å². The summed E-state index contributed by atoms with van der Waals surface area (Å²) in [5.74, 6) is 1.62. The lowest BCUT2D eigenvalue weighted by Crippen LogP contribution is -2.57. The minimum atomic E-state index is -0.0705. The predicted octanol–water partition coefficient (Wildman–Crippen LogP) is 5.89. The van der Waals surface area contributed by atoms with Gasteiger partial charge in [-0.1, -0.05) is 60.7 Å². The fraction of sp³-hybridized carbons (Fsp3) is 0.568. The summed E-state index contributed by atoms with van der Waals surface area (Å²) in [5, 5.41) is 0. The standard InChI is InChI=1S/C37H49N4O/c1-36(2)23-31(38-18-9-10-19-38)17-22-41(36)27-35(42)39-26-34-32(29-13-5-3-6-14-29)24-37(28-39,40-20-11-12-21-40)25-33(34)30-15-7-4-8-16-30/h3-8,13-17,22,32-34H,9-12,18-21,23-28H2,1-2H3/q+1. The monoisotopic (exact) mass is 565 g/mol. The van der Waals surface area contributed by atoms with Crippen LogP contribution in [0.1, 0.15) is 81.8 Å². The number of amides is 1. The van der Waals surface area contributed by atoms with Crippen LogP contribution >= 0.6 is 0 Å². The van der Waals surface area contributed by atoms with Crippen molar-refractivity contribution in [2.24, 2.45) is 5.92 Å². The molecule has 42 heavy (non-hydrogen) atoms. The van der Waals surface area contributed by atoms with Crippen LogP contribution in [0.15, 0.2) is 72.4 Å². The van der Waals surface area contributed by atoms with Crippen LogP contribution in [0.5, 0.6) is 0 Å². The number of hydrogen-bond donors (Lipinski definition) is 0. The van der Waals surface area contributed by atoms with Crippen LogP contribution in [0.25, 0.3) is 0 Å². The van der Waals surface area contributed by atoms with Gasteiger partial charge in [0.2, 0.25) is 6.54 Å². The van der Waals surface area contributed by atoms with Gasteiger partial charge in [-0.05, 0) is 80.5 Å². The van der Waals surface area contributed by atoms with E-state index < -0.39 is 0 Å². The summed E-state index contributed by atoms with van der Waals surface area (Å²) in [6.45, 7) is 11.5. The molecule has 2 unspecified atom stereocenters. The Morgan fingerprint density at radius 1 is 0.833 bits per heavy atom. The summed E-state index contributed by atoms with van der Waals surface area (Å²) in [6.07, 6.45) is 12.9. The Morgan fingerprint density at radius 2 is 1.40 bits per heavy atom. The van der Waals surface area contributed by atoms with Gasteiger partial charge in [-0.25, -0.2) is 4.58 Å². The average molecular weight is 566 g/mol. The van der Waals surface area contributed by atoms with Gasteiger partial charge < -0.3 is 9.80 Å². The number of rotatable bonds is 6. The van der Waals surface area contributed by atoms with Crippen LogP contribution < -0.4 is 0 Å². The maximum absolute atomic E-state index is 14.4. The first-order valence-corrected chi connectivity index (χ1v) is 16.6. The van der Waals surface area contributed by atoms with E-state index in [0.29, 0.717) is 30.2 Å². The van der Waals surface area contributed by atoms with Gasteiger partial charge in [0.1, 0.15) is 0 Å². The van der Waals surface area contributed by atoms with E-state index in [1.807, 2.05) is 0 Å². The number of nitrogens with zero attached hydrogens (tertiary/aromatic N) is 4. The summed E-state index contributed by atoms with van der Waals surface area (Å²) in [4.78, 5) is 22.1. The highest BCUT2D eigenvalue weighted by atomic mass is 16.2. The molecular formula is C37H49N4O+. The first kappa shape index (κ1) is 27.9. The molecule has 0 spiro atoms. The highest BCUT2D eigenvalue weighted by Crippen LogP contribution is 2.55. The number of hydrogen-bond acceptors (Lipinski definition) is 3. The van der Waals surface area contributed by atoms with Crippen LogP contribution in [0.4, 0.5) is 0 Å². The first-order valence-electron chi connectivity index (χ1n) is 16.6. The number of carbonyl (C=O) groups excluding carboxylic acids is 1. The van der Waals surface area contributed by atoms with E-state index >= 15 is 0 Å². The Hall–Kier alpha value is -2.92. The van der Waals surface area contributed by atoms with Gasteiger partial charge in [-0.15, -0.1) is 0 Å². The smallest absolute Gasteiger partial charge is 0.288 e. The van der Waals surface area contributed by atoms with E-state index in [1.165, 1.54) is 55.6 Å². The normalized spacial score (nSPS) is 31.1. The molecule has 0 aromatic heterocycles. The lowest BCUT2D eigenvalue weighted by atomic mass is 9.61. The van der Waals surface area contributed by atoms with Gasteiger partial charge in [0, 0.05) is 57.3 Å². The zero-order valence-corrected chi connectivity index (χ0v) is 25.8. The van der Waals surface area contributed by atoms with Gasteiger partial charge in [-0.3, -0.25) is 9.69 Å². The predicted molar refractivity (Wildman–Crippen MR) is 170 cm³/mol. The van der Waals surface area contributed by atoms with E-state index in [1.54, 1.807) is 0 Å². The van der Waals surface area contributed by atoms with E-state index in [-0.39, 0.29) is 11.1 Å². The third kappa shape index (κ3) is 5.23. The van der Waals surface area contributed by atoms with Crippen molar-refractivity contribution in [3.63, 3.8) is 0 Å². The third-order valence-electron chi connectivity index (χ3n) is 11.4. The topological polar surface area (TPSA) is 29.8 Å². The van der Waals surface area contributed by atoms with Crippen LogP contribution in [0.3, 0.4) is 0 Å². The molecule has 222 valence electrons. The minimum Gasteiger partial charge on any atom is -0.374 e. The van der Waals surface area contributed by atoms with Crippen LogP contribution in [-0.2, 0) is 4.79 Å². The number of likely N-dealkylation sites (tertiary alicyclic amines) is 2. The molecule has 2 aromatic carbocycles. The molecule has 6 aliphatic rings. The quantitative estimate of drug-likeness (QED) is 0.410. The highest BCUT2D eigenvalue weighted by molar-refractivity contribution is 5.79. The molecule has 5 nitrogen and oxygen atoms in total. The van der Waals surface area contributed by atoms with Gasteiger partial charge in [-0.2, -0.15) is 0 Å². The summed E-state index contributed by atoms with van der Waals surface area (Å²) in [5.41, 5.74) is 4.29. The fourth-order valence-corrected chi connectivity index (χ4v) is 9.13. The second-order valence-corrected chi connectivity index (χ2v) is 14.4. The van der Waals surface area contributed by atoms with E-state index in [0.717, 1.165) is 45.4 Å². The first-order chi connectivity index (χ1) is 20.4. The second kappa shape index (κ2) is 11.3. The van der Waals surface area contributed by atoms with Crippen molar-refractivity contribution in [1.82, 2.24) is 14.7 Å². The Labute approximate surface area is 252 Å². The zero-order chi connectivity index (χ0) is 28.7. The highest BCUT2D eigenvalue weighted by Gasteiger charge is 2.55. The Kier molecular flexibility index (Phi) is 7.50. The van der Waals surface area contributed by atoms with Gasteiger partial charge in [0.15, 0.2) is 11.8 Å². The number of allylic oxidation sites excluding steroid dienone is 1. The van der Waals surface area contributed by atoms with E-state index in [2.05, 4.69) is 106 Å². The molecule has 0 radical (unpaired) electrons. The maximum atomic E-state index is 14.4. The molecule has 1 saturated carbocycles. The van der Waals surface area contributed by atoms with Crippen LogP contribution in [0, 0.1) is 5.92 Å². The molecule has 2 bridgehead atoms. The lowest BCUT2D eigenvalue weighted by molar-refractivity contribution is -0.588. The molecule has 5 fully saturated rings. The number of carbonyl (C=O) groups is 1. The molecular weight excluding hydrogens is 516 g/mol. The molecule has 5 heteroatoms. The molecule has 2 atom stereocenters. The summed E-state index contributed by atoms with van der Waals surface area (Å²) < 4.78 is 2.33. The minimum absolute atomic E-state index is 0.0180. The summed E-state index contributed by atoms with van der Waals surface area (Å²) >= 11 is 0. The maximum Gasteiger partial charge on any atom is 0.288 e. The van der Waals surface area contributed by atoms with E-state index in [9.17, 15) is 4.79 Å². The number of benzene rings is 2. The Morgan fingerprint density at radius 3 is 1.98 bits per heavy atom. The lowest BCUT2D eigenvalue weighted by Gasteiger charge is -2.50. The molecule has 5 aliphatic heterocycles. The molecule has 1 aliphatic carbocycles. The Bertz CT molecular complexity index is 1270. The van der Waals surface area contributed by atoms with Crippen molar-refractivity contribution >= 4 is 12.1 Å². The number of fused-ring (bicyclic) bond motifs is 4. The van der Waals surface area contributed by atoms with Crippen molar-refractivity contribution in [3.05, 3.63) is 83.6 Å². The van der Waals surface area contributed by atoms with Crippen molar-refractivity contribution in [2.75, 3.05) is 45.8 Å². The molecule has 4 saturated heterocycles. The van der Waals surface area contributed by atoms with Crippen molar-refractivity contribution in [3.8, 4) is 0 Å². The second-order valence-electron chi connectivity index (χ2n) is 14.4. The largest absolute Gasteiger partial charge is 0.374 e. The van der Waals surface area contributed by atoms with Gasteiger partial charge >= 0.3 is 0 Å². The van der Waals surface area contributed by atoms with Crippen molar-refractivity contribution in [1.29, 1.82) is 0 Å². The molecule has 1 amide bonds. The summed E-state index contributed by atoms with van der Waals surface area (Å²) in [7, 11) is 0. The SMILES string of the molecule is CC1(C)CC(N2CCCC2)=CC=[N+]1CC(=O)N1CC2C(c3ccccc3)CC(N3CCCC3)(CC2c2ccccc2)C1. The van der Waals surface area contributed by atoms with Gasteiger partial charge in [0.25, 0.3) is 5.91 Å². The van der Waals surface area contributed by atoms with Crippen molar-refractivity contribution < 1.29 is 9.37 Å². The third-order valence-corrected chi connectivity index (χ3v) is 11.4. The van der Waals surface area contributed by atoms with Gasteiger partial charge in [0.05, 0.1) is 6.42 Å². The molecule has 8 rings (SSSR count). The molecule has 2 aromatic rings. The van der Waals surface area contributed by atoms with E-state index in [4.69, 9.17) is 0 Å². The average Bonchev–Trinajstić information content (AvgIpc) is 3.70. The summed E-state index contributed by atoms with van der Waals surface area (Å²) in [6, 6.07) is 22.5. The fourth-order valence-electron chi connectivity index (χ4n) is 9.13. The molecule has 0 N–H and O–H groups in total. The van der Waals surface area contributed by atoms with Crippen LogP contribution in [-0.4, -0.2) is 88.3 Å². The zero-order valence-electron chi connectivity index (χ0n) is 25.8. The Balaban J connectivity index is 1.23. The van der Waals surface area contributed by atoms with Crippen molar-refractivity contribution in [2.45, 2.75) is 81.7 Å².